The zero-order valence-electron chi connectivity index (χ0n) is 15.2. The number of aromatic amines is 3. The van der Waals surface area contributed by atoms with E-state index >= 15 is 0 Å². The normalized spacial score (nSPS) is 11.6. The minimum absolute atomic E-state index is 0.122. The molecular formula is C22H20N4O2. The molecule has 2 aromatic carbocycles. The number of benzene rings is 2. The van der Waals surface area contributed by atoms with E-state index < -0.39 is 0 Å². The number of rotatable bonds is 5. The molecule has 5 aromatic rings. The van der Waals surface area contributed by atoms with Gasteiger partial charge >= 0.3 is 5.69 Å². The van der Waals surface area contributed by atoms with Crippen molar-refractivity contribution < 1.29 is 5.11 Å². The van der Waals surface area contributed by atoms with Gasteiger partial charge in [-0.25, -0.2) is 4.79 Å². The van der Waals surface area contributed by atoms with E-state index in [9.17, 15) is 9.90 Å². The van der Waals surface area contributed by atoms with Crippen molar-refractivity contribution in [1.82, 2.24) is 19.5 Å². The standard InChI is InChI=1S/C22H20N4O2/c27-11-5-10-18-21(15-7-2-4-9-17(15)25-18)20-13-24-22(28)26(20)19-12-23-16-8-3-1-6-14(16)19/h1-4,6-9,12-13,23,25,27H,5,10-11H2,(H,24,28). The molecule has 0 saturated heterocycles. The van der Waals surface area contributed by atoms with Crippen molar-refractivity contribution in [3.8, 4) is 16.9 Å². The van der Waals surface area contributed by atoms with Crippen molar-refractivity contribution in [3.05, 3.63) is 77.1 Å². The van der Waals surface area contributed by atoms with Crippen LogP contribution in [-0.2, 0) is 6.42 Å². The van der Waals surface area contributed by atoms with Crippen molar-refractivity contribution >= 4 is 21.8 Å². The smallest absolute Gasteiger partial charge is 0.330 e. The largest absolute Gasteiger partial charge is 0.396 e. The molecular weight excluding hydrogens is 352 g/mol. The van der Waals surface area contributed by atoms with Gasteiger partial charge in [0.2, 0.25) is 0 Å². The highest BCUT2D eigenvalue weighted by atomic mass is 16.2. The molecule has 0 amide bonds. The highest BCUT2D eigenvalue weighted by Gasteiger charge is 2.20. The number of aromatic nitrogens is 4. The van der Waals surface area contributed by atoms with Gasteiger partial charge in [0.25, 0.3) is 0 Å². The Morgan fingerprint density at radius 2 is 1.64 bits per heavy atom. The predicted molar refractivity (Wildman–Crippen MR) is 111 cm³/mol. The van der Waals surface area contributed by atoms with Gasteiger partial charge in [0.15, 0.2) is 0 Å². The molecule has 0 unspecified atom stereocenters. The van der Waals surface area contributed by atoms with Crippen LogP contribution in [-0.4, -0.2) is 31.2 Å². The third-order valence-electron chi connectivity index (χ3n) is 5.21. The number of aliphatic hydroxyl groups is 1. The number of hydrogen-bond acceptors (Lipinski definition) is 2. The van der Waals surface area contributed by atoms with E-state index in [2.05, 4.69) is 21.0 Å². The Morgan fingerprint density at radius 3 is 2.46 bits per heavy atom. The molecule has 0 fully saturated rings. The summed E-state index contributed by atoms with van der Waals surface area (Å²) in [5, 5.41) is 11.4. The summed E-state index contributed by atoms with van der Waals surface area (Å²) < 4.78 is 1.72. The number of aliphatic hydroxyl groups excluding tert-OH is 1. The van der Waals surface area contributed by atoms with E-state index in [0.717, 1.165) is 44.4 Å². The maximum Gasteiger partial charge on any atom is 0.330 e. The summed E-state index contributed by atoms with van der Waals surface area (Å²) in [6.45, 7) is 0.122. The van der Waals surface area contributed by atoms with Gasteiger partial charge in [-0.05, 0) is 25.0 Å². The van der Waals surface area contributed by atoms with E-state index in [4.69, 9.17) is 0 Å². The summed E-state index contributed by atoms with van der Waals surface area (Å²) in [6.07, 6.45) is 4.99. The van der Waals surface area contributed by atoms with E-state index in [0.29, 0.717) is 12.8 Å². The Kier molecular flexibility index (Phi) is 3.91. The Hall–Kier alpha value is -3.51. The third kappa shape index (κ3) is 2.50. The summed E-state index contributed by atoms with van der Waals surface area (Å²) in [7, 11) is 0. The first-order chi connectivity index (χ1) is 13.8. The maximum absolute atomic E-state index is 12.8. The van der Waals surface area contributed by atoms with Gasteiger partial charge in [0.05, 0.1) is 11.4 Å². The lowest BCUT2D eigenvalue weighted by Gasteiger charge is -2.08. The van der Waals surface area contributed by atoms with Gasteiger partial charge in [-0.1, -0.05) is 36.4 Å². The van der Waals surface area contributed by atoms with Crippen LogP contribution in [0.15, 0.2) is 65.7 Å². The number of nitrogens with one attached hydrogen (secondary N) is 3. The van der Waals surface area contributed by atoms with Gasteiger partial charge in [0.1, 0.15) is 0 Å². The first-order valence-electron chi connectivity index (χ1n) is 9.35. The molecule has 6 heteroatoms. The monoisotopic (exact) mass is 372 g/mol. The van der Waals surface area contributed by atoms with Crippen molar-refractivity contribution in [2.75, 3.05) is 6.61 Å². The second-order valence-corrected chi connectivity index (χ2v) is 6.89. The van der Waals surface area contributed by atoms with E-state index in [1.165, 1.54) is 0 Å². The summed E-state index contributed by atoms with van der Waals surface area (Å²) >= 11 is 0. The molecule has 0 radical (unpaired) electrons. The molecule has 0 aliphatic rings. The quantitative estimate of drug-likeness (QED) is 0.379. The summed E-state index contributed by atoms with van der Waals surface area (Å²) in [6, 6.07) is 16.0. The lowest BCUT2D eigenvalue weighted by molar-refractivity contribution is 0.288. The van der Waals surface area contributed by atoms with Gasteiger partial charge in [-0.2, -0.15) is 0 Å². The van der Waals surface area contributed by atoms with Crippen molar-refractivity contribution in [2.24, 2.45) is 0 Å². The summed E-state index contributed by atoms with van der Waals surface area (Å²) in [5.41, 5.74) is 5.45. The minimum atomic E-state index is -0.182. The molecule has 0 aliphatic heterocycles. The lowest BCUT2D eigenvalue weighted by Crippen LogP contribution is -2.15. The minimum Gasteiger partial charge on any atom is -0.396 e. The average Bonchev–Trinajstić information content (AvgIpc) is 3.40. The first kappa shape index (κ1) is 16.6. The molecule has 3 aromatic heterocycles. The molecule has 0 aliphatic carbocycles. The Balaban J connectivity index is 1.79. The molecule has 4 N–H and O–H groups in total. The fraction of sp³-hybridized carbons (Fsp3) is 0.136. The summed E-state index contributed by atoms with van der Waals surface area (Å²) in [5.74, 6) is 0. The van der Waals surface area contributed by atoms with Crippen LogP contribution in [0.1, 0.15) is 12.1 Å². The highest BCUT2D eigenvalue weighted by Crippen LogP contribution is 2.34. The lowest BCUT2D eigenvalue weighted by atomic mass is 10.0. The fourth-order valence-electron chi connectivity index (χ4n) is 3.97. The highest BCUT2D eigenvalue weighted by molar-refractivity contribution is 5.98. The number of aryl methyl sites for hydroxylation is 1. The Labute approximate surface area is 160 Å². The van der Waals surface area contributed by atoms with E-state index in [1.807, 2.05) is 48.7 Å². The van der Waals surface area contributed by atoms with Crippen molar-refractivity contribution in [3.63, 3.8) is 0 Å². The number of hydrogen-bond donors (Lipinski definition) is 4. The second kappa shape index (κ2) is 6.58. The molecule has 5 rings (SSSR count). The Bertz CT molecular complexity index is 1340. The average molecular weight is 372 g/mol. The van der Waals surface area contributed by atoms with Gasteiger partial charge in [0, 0.05) is 52.1 Å². The SMILES string of the molecule is O=c1[nH]cc(-c2c(CCCO)[nH]c3ccccc23)n1-c1c[nH]c2ccccc12. The van der Waals surface area contributed by atoms with Crippen LogP contribution in [0, 0.1) is 0 Å². The number of H-pyrrole nitrogens is 3. The van der Waals surface area contributed by atoms with Crippen LogP contribution in [0.5, 0.6) is 0 Å². The predicted octanol–water partition coefficient (Wildman–Crippen LogP) is 3.72. The van der Waals surface area contributed by atoms with Gasteiger partial charge in [-0.15, -0.1) is 0 Å². The molecule has 0 atom stereocenters. The molecule has 0 spiro atoms. The topological polar surface area (TPSA) is 89.6 Å². The number of para-hydroxylation sites is 2. The summed E-state index contributed by atoms with van der Waals surface area (Å²) in [4.78, 5) is 22.4. The second-order valence-electron chi connectivity index (χ2n) is 6.89. The molecule has 0 saturated carbocycles. The number of nitrogens with zero attached hydrogens (tertiary/aromatic N) is 1. The first-order valence-corrected chi connectivity index (χ1v) is 9.35. The number of fused-ring (bicyclic) bond motifs is 2. The fourth-order valence-corrected chi connectivity index (χ4v) is 3.97. The van der Waals surface area contributed by atoms with Crippen molar-refractivity contribution in [2.45, 2.75) is 12.8 Å². The van der Waals surface area contributed by atoms with Crippen LogP contribution in [0.2, 0.25) is 0 Å². The van der Waals surface area contributed by atoms with E-state index in [1.54, 1.807) is 10.8 Å². The van der Waals surface area contributed by atoms with Gasteiger partial charge in [-0.3, -0.25) is 4.57 Å². The maximum atomic E-state index is 12.8. The zero-order chi connectivity index (χ0) is 19.1. The molecule has 0 bridgehead atoms. The van der Waals surface area contributed by atoms with Crippen LogP contribution >= 0.6 is 0 Å². The van der Waals surface area contributed by atoms with E-state index in [-0.39, 0.29) is 12.3 Å². The molecule has 140 valence electrons. The molecule has 3 heterocycles. The van der Waals surface area contributed by atoms with Crippen molar-refractivity contribution in [1.29, 1.82) is 0 Å². The third-order valence-corrected chi connectivity index (χ3v) is 5.21. The Morgan fingerprint density at radius 1 is 0.893 bits per heavy atom. The zero-order valence-corrected chi connectivity index (χ0v) is 15.2. The molecule has 6 nitrogen and oxygen atoms in total. The van der Waals surface area contributed by atoms with Gasteiger partial charge < -0.3 is 20.1 Å². The number of imidazole rings is 1. The van der Waals surface area contributed by atoms with Crippen LogP contribution in [0.4, 0.5) is 0 Å². The van der Waals surface area contributed by atoms with Crippen LogP contribution in [0.25, 0.3) is 38.8 Å². The van der Waals surface area contributed by atoms with Crippen LogP contribution < -0.4 is 5.69 Å². The molecule has 28 heavy (non-hydrogen) atoms. The van der Waals surface area contributed by atoms with Crippen LogP contribution in [0.3, 0.4) is 0 Å².